The summed E-state index contributed by atoms with van der Waals surface area (Å²) in [4.78, 5) is 11.5. The van der Waals surface area contributed by atoms with Gasteiger partial charge in [-0.1, -0.05) is 39.5 Å². The zero-order valence-electron chi connectivity index (χ0n) is 10.0. The molecule has 1 N–H and O–H groups in total. The molecule has 90 valence electrons. The second-order valence-corrected chi connectivity index (χ2v) is 4.42. The molecule has 1 aromatic heterocycles. The van der Waals surface area contributed by atoms with E-state index in [0.29, 0.717) is 17.9 Å². The number of hydrogen-bond donors (Lipinski definition) is 1. The molecule has 1 aromatic rings. The largest absolute Gasteiger partial charge is 0.502 e. The van der Waals surface area contributed by atoms with Crippen LogP contribution < -0.4 is 5.43 Å². The molecule has 0 aliphatic rings. The zero-order chi connectivity index (χ0) is 12.0. The van der Waals surface area contributed by atoms with Crippen molar-refractivity contribution in [1.82, 2.24) is 0 Å². The van der Waals surface area contributed by atoms with Crippen LogP contribution >= 0.6 is 0 Å². The summed E-state index contributed by atoms with van der Waals surface area (Å²) < 4.78 is 4.90. The number of aromatic hydroxyl groups is 1. The first-order valence-corrected chi connectivity index (χ1v) is 5.93. The van der Waals surface area contributed by atoms with Crippen LogP contribution in [0.1, 0.15) is 45.1 Å². The smallest absolute Gasteiger partial charge is 0.229 e. The van der Waals surface area contributed by atoms with Crippen LogP contribution in [0.5, 0.6) is 5.75 Å². The third-order valence-corrected chi connectivity index (χ3v) is 2.78. The van der Waals surface area contributed by atoms with Crippen LogP contribution in [0, 0.1) is 5.92 Å². The van der Waals surface area contributed by atoms with Gasteiger partial charge in [0.15, 0.2) is 5.75 Å². The molecule has 0 saturated carbocycles. The summed E-state index contributed by atoms with van der Waals surface area (Å²) in [6.07, 6.45) is 7.96. The van der Waals surface area contributed by atoms with Crippen molar-refractivity contribution in [2.45, 2.75) is 46.0 Å². The first-order valence-electron chi connectivity index (χ1n) is 5.93. The lowest BCUT2D eigenvalue weighted by molar-refractivity contribution is 0.419. The molecule has 3 nitrogen and oxygen atoms in total. The van der Waals surface area contributed by atoms with Gasteiger partial charge in [-0.3, -0.25) is 4.79 Å². The van der Waals surface area contributed by atoms with E-state index < -0.39 is 0 Å². The highest BCUT2D eigenvalue weighted by atomic mass is 16.3. The highest BCUT2D eigenvalue weighted by Crippen LogP contribution is 2.14. The molecule has 0 spiro atoms. The van der Waals surface area contributed by atoms with Crippen molar-refractivity contribution < 1.29 is 9.52 Å². The molecular formula is C13H20O3. The summed E-state index contributed by atoms with van der Waals surface area (Å²) in [5.74, 6) is 0.162. The van der Waals surface area contributed by atoms with Crippen LogP contribution in [-0.2, 0) is 6.42 Å². The Morgan fingerprint density at radius 1 is 1.38 bits per heavy atom. The predicted octanol–water partition coefficient (Wildman–Crippen LogP) is 3.10. The van der Waals surface area contributed by atoms with Crippen molar-refractivity contribution in [3.63, 3.8) is 0 Å². The van der Waals surface area contributed by atoms with E-state index in [4.69, 9.17) is 4.42 Å². The van der Waals surface area contributed by atoms with Crippen molar-refractivity contribution in [1.29, 1.82) is 0 Å². The van der Waals surface area contributed by atoms with Crippen LogP contribution in [0.2, 0.25) is 0 Å². The minimum Gasteiger partial charge on any atom is -0.502 e. The van der Waals surface area contributed by atoms with Gasteiger partial charge in [0.2, 0.25) is 5.43 Å². The van der Waals surface area contributed by atoms with Gasteiger partial charge in [-0.25, -0.2) is 0 Å². The van der Waals surface area contributed by atoms with E-state index in [-0.39, 0.29) is 11.2 Å². The van der Waals surface area contributed by atoms with E-state index in [2.05, 4.69) is 13.8 Å². The molecule has 3 heteroatoms. The lowest BCUT2D eigenvalue weighted by Gasteiger charge is -2.09. The van der Waals surface area contributed by atoms with Gasteiger partial charge in [-0.2, -0.15) is 0 Å². The van der Waals surface area contributed by atoms with E-state index in [0.717, 1.165) is 12.7 Å². The number of rotatable bonds is 6. The third kappa shape index (κ3) is 3.72. The first-order chi connectivity index (χ1) is 7.65. The second kappa shape index (κ2) is 6.36. The first kappa shape index (κ1) is 12.8. The summed E-state index contributed by atoms with van der Waals surface area (Å²) in [5, 5.41) is 9.22. The Morgan fingerprint density at radius 3 is 2.81 bits per heavy atom. The molecule has 0 bridgehead atoms. The molecule has 1 heterocycles. The van der Waals surface area contributed by atoms with Crippen LogP contribution in [0.25, 0.3) is 0 Å². The Hall–Kier alpha value is -1.25. The van der Waals surface area contributed by atoms with Crippen molar-refractivity contribution >= 4 is 0 Å². The highest BCUT2D eigenvalue weighted by Gasteiger charge is 2.09. The van der Waals surface area contributed by atoms with Crippen LogP contribution in [-0.4, -0.2) is 5.11 Å². The molecular weight excluding hydrogens is 204 g/mol. The summed E-state index contributed by atoms with van der Waals surface area (Å²) >= 11 is 0. The molecule has 0 aromatic carbocycles. The fourth-order valence-electron chi connectivity index (χ4n) is 1.81. The molecule has 0 radical (unpaired) electrons. The average molecular weight is 224 g/mol. The van der Waals surface area contributed by atoms with E-state index in [1.165, 1.54) is 25.5 Å². The van der Waals surface area contributed by atoms with Crippen LogP contribution in [0.4, 0.5) is 0 Å². The molecule has 1 unspecified atom stereocenters. The van der Waals surface area contributed by atoms with Gasteiger partial charge in [0, 0.05) is 5.56 Å². The standard InChI is InChI=1S/C13H20O3/c1-3-4-5-6-10(2)7-11-8-16-9-12(14)13(11)15/h8-10,14H,3-7H2,1-2H3. The maximum Gasteiger partial charge on any atom is 0.229 e. The topological polar surface area (TPSA) is 50.4 Å². The van der Waals surface area contributed by atoms with Gasteiger partial charge in [0.25, 0.3) is 0 Å². The molecule has 1 rings (SSSR count). The predicted molar refractivity (Wildman–Crippen MR) is 63.7 cm³/mol. The Morgan fingerprint density at radius 2 is 2.12 bits per heavy atom. The summed E-state index contributed by atoms with van der Waals surface area (Å²) in [5.41, 5.74) is 0.276. The van der Waals surface area contributed by atoms with E-state index in [1.807, 2.05) is 0 Å². The van der Waals surface area contributed by atoms with Gasteiger partial charge < -0.3 is 9.52 Å². The fraction of sp³-hybridized carbons (Fsp3) is 0.615. The van der Waals surface area contributed by atoms with Crippen molar-refractivity contribution in [2.24, 2.45) is 5.92 Å². The molecule has 0 amide bonds. The molecule has 1 atom stereocenters. The van der Waals surface area contributed by atoms with Crippen molar-refractivity contribution in [3.05, 3.63) is 28.3 Å². The molecule has 0 aliphatic heterocycles. The zero-order valence-corrected chi connectivity index (χ0v) is 10.0. The van der Waals surface area contributed by atoms with Gasteiger partial charge in [-0.15, -0.1) is 0 Å². The molecule has 0 aliphatic carbocycles. The van der Waals surface area contributed by atoms with Crippen LogP contribution in [0.3, 0.4) is 0 Å². The Labute approximate surface area is 96.1 Å². The van der Waals surface area contributed by atoms with E-state index >= 15 is 0 Å². The Bertz CT molecular complexity index is 368. The average Bonchev–Trinajstić information content (AvgIpc) is 2.25. The lowest BCUT2D eigenvalue weighted by atomic mass is 9.96. The molecule has 16 heavy (non-hydrogen) atoms. The molecule has 0 fully saturated rings. The Kier molecular flexibility index (Phi) is 5.09. The molecule has 0 saturated heterocycles. The van der Waals surface area contributed by atoms with Gasteiger partial charge >= 0.3 is 0 Å². The second-order valence-electron chi connectivity index (χ2n) is 4.42. The summed E-state index contributed by atoms with van der Waals surface area (Å²) in [7, 11) is 0. The quantitative estimate of drug-likeness (QED) is 0.755. The number of unbranched alkanes of at least 4 members (excludes halogenated alkanes) is 2. The third-order valence-electron chi connectivity index (χ3n) is 2.78. The van der Waals surface area contributed by atoms with Gasteiger partial charge in [0.1, 0.15) is 6.26 Å². The maximum atomic E-state index is 11.5. The SMILES string of the molecule is CCCCCC(C)Cc1cocc(O)c1=O. The normalized spacial score (nSPS) is 12.6. The number of hydrogen-bond acceptors (Lipinski definition) is 3. The fourth-order valence-corrected chi connectivity index (χ4v) is 1.81. The van der Waals surface area contributed by atoms with Gasteiger partial charge in [-0.05, 0) is 12.3 Å². The van der Waals surface area contributed by atoms with Crippen molar-refractivity contribution in [2.75, 3.05) is 0 Å². The maximum absolute atomic E-state index is 11.5. The van der Waals surface area contributed by atoms with Crippen LogP contribution in [0.15, 0.2) is 21.7 Å². The minimum atomic E-state index is -0.298. The minimum absolute atomic E-state index is 0.293. The monoisotopic (exact) mass is 224 g/mol. The Balaban J connectivity index is 2.53. The highest BCUT2D eigenvalue weighted by molar-refractivity contribution is 5.20. The summed E-state index contributed by atoms with van der Waals surface area (Å²) in [6.45, 7) is 4.30. The van der Waals surface area contributed by atoms with Gasteiger partial charge in [0.05, 0.1) is 6.26 Å². The van der Waals surface area contributed by atoms with E-state index in [1.54, 1.807) is 0 Å². The van der Waals surface area contributed by atoms with Crippen molar-refractivity contribution in [3.8, 4) is 5.75 Å². The van der Waals surface area contributed by atoms with E-state index in [9.17, 15) is 9.90 Å². The lowest BCUT2D eigenvalue weighted by Crippen LogP contribution is -2.11. The summed E-state index contributed by atoms with van der Waals surface area (Å²) in [6, 6.07) is 0.